The maximum absolute atomic E-state index is 9.71. The Morgan fingerprint density at radius 2 is 2.00 bits per heavy atom. The normalized spacial score (nSPS) is 11.0. The standard InChI is InChI=1S/C15H20N2O2S2/c1-16(2)8-3-9-19-13-6-4-12(5-7-13)10-17-14(18)11-21-15(17)20/h4-7,11,18H,3,8-10H2,1-2H3. The van der Waals surface area contributed by atoms with E-state index in [0.29, 0.717) is 17.1 Å². The fourth-order valence-electron chi connectivity index (χ4n) is 1.91. The summed E-state index contributed by atoms with van der Waals surface area (Å²) in [6, 6.07) is 7.91. The summed E-state index contributed by atoms with van der Waals surface area (Å²) in [5.41, 5.74) is 1.08. The number of hydrogen-bond donors (Lipinski definition) is 1. The SMILES string of the molecule is CN(C)CCCOc1ccc(Cn2c(O)csc2=S)cc1. The molecule has 2 aromatic rings. The van der Waals surface area contributed by atoms with Gasteiger partial charge in [-0.3, -0.25) is 4.57 Å². The van der Waals surface area contributed by atoms with Gasteiger partial charge in [0.05, 0.1) is 18.5 Å². The third-order valence-electron chi connectivity index (χ3n) is 3.04. The van der Waals surface area contributed by atoms with Gasteiger partial charge in [0.1, 0.15) is 5.75 Å². The molecule has 6 heteroatoms. The average molecular weight is 324 g/mol. The molecule has 2 rings (SSSR count). The van der Waals surface area contributed by atoms with Gasteiger partial charge in [-0.15, -0.1) is 11.3 Å². The van der Waals surface area contributed by atoms with Gasteiger partial charge in [-0.05, 0) is 50.4 Å². The lowest BCUT2D eigenvalue weighted by atomic mass is 10.2. The summed E-state index contributed by atoms with van der Waals surface area (Å²) < 4.78 is 8.09. The number of rotatable bonds is 7. The Morgan fingerprint density at radius 1 is 1.29 bits per heavy atom. The number of nitrogens with zero attached hydrogens (tertiary/aromatic N) is 2. The van der Waals surface area contributed by atoms with E-state index in [1.165, 1.54) is 11.3 Å². The van der Waals surface area contributed by atoms with Crippen molar-refractivity contribution in [2.75, 3.05) is 27.2 Å². The molecule has 1 aromatic heterocycles. The molecule has 1 N–H and O–H groups in total. The number of hydrogen-bond acceptors (Lipinski definition) is 5. The first-order valence-corrected chi connectivity index (χ1v) is 8.09. The van der Waals surface area contributed by atoms with Crippen molar-refractivity contribution in [1.82, 2.24) is 9.47 Å². The number of ether oxygens (including phenoxy) is 1. The molecule has 0 unspecified atom stereocenters. The van der Waals surface area contributed by atoms with Crippen LogP contribution in [0.5, 0.6) is 11.6 Å². The van der Waals surface area contributed by atoms with Crippen LogP contribution in [0.2, 0.25) is 0 Å². The zero-order valence-corrected chi connectivity index (χ0v) is 13.9. The van der Waals surface area contributed by atoms with Crippen molar-refractivity contribution >= 4 is 23.6 Å². The molecule has 0 aliphatic rings. The third kappa shape index (κ3) is 4.84. The summed E-state index contributed by atoms with van der Waals surface area (Å²) >= 11 is 6.55. The number of aromatic nitrogens is 1. The molecule has 1 aromatic carbocycles. The smallest absolute Gasteiger partial charge is 0.203 e. The van der Waals surface area contributed by atoms with Gasteiger partial charge in [-0.2, -0.15) is 0 Å². The summed E-state index contributed by atoms with van der Waals surface area (Å²) in [5, 5.41) is 11.4. The predicted molar refractivity (Wildman–Crippen MR) is 89.0 cm³/mol. The monoisotopic (exact) mass is 324 g/mol. The lowest BCUT2D eigenvalue weighted by Gasteiger charge is -2.11. The molecular weight excluding hydrogens is 304 g/mol. The van der Waals surface area contributed by atoms with Gasteiger partial charge >= 0.3 is 0 Å². The fraction of sp³-hybridized carbons (Fsp3) is 0.400. The molecule has 114 valence electrons. The minimum atomic E-state index is 0.217. The van der Waals surface area contributed by atoms with E-state index in [0.717, 1.165) is 24.3 Å². The molecule has 0 saturated carbocycles. The lowest BCUT2D eigenvalue weighted by molar-refractivity contribution is 0.281. The van der Waals surface area contributed by atoms with Crippen molar-refractivity contribution in [3.05, 3.63) is 39.2 Å². The molecule has 1 heterocycles. The summed E-state index contributed by atoms with van der Waals surface area (Å²) in [6.07, 6.45) is 1.01. The summed E-state index contributed by atoms with van der Waals surface area (Å²) in [7, 11) is 4.11. The lowest BCUT2D eigenvalue weighted by Crippen LogP contribution is -2.15. The van der Waals surface area contributed by atoms with Gasteiger partial charge in [0.15, 0.2) is 3.95 Å². The minimum Gasteiger partial charge on any atom is -0.494 e. The summed E-state index contributed by atoms with van der Waals surface area (Å²) in [5.74, 6) is 1.09. The number of thiazole rings is 1. The van der Waals surface area contributed by atoms with Crippen LogP contribution in [0.3, 0.4) is 0 Å². The summed E-state index contributed by atoms with van der Waals surface area (Å²) in [4.78, 5) is 2.14. The van der Waals surface area contributed by atoms with Gasteiger partial charge in [0.2, 0.25) is 5.88 Å². The van der Waals surface area contributed by atoms with Crippen LogP contribution in [0.4, 0.5) is 0 Å². The topological polar surface area (TPSA) is 37.6 Å². The van der Waals surface area contributed by atoms with Crippen molar-refractivity contribution in [3.63, 3.8) is 0 Å². The van der Waals surface area contributed by atoms with E-state index in [2.05, 4.69) is 19.0 Å². The van der Waals surface area contributed by atoms with Gasteiger partial charge in [-0.1, -0.05) is 12.1 Å². The second-order valence-electron chi connectivity index (χ2n) is 5.10. The van der Waals surface area contributed by atoms with Crippen molar-refractivity contribution in [2.24, 2.45) is 0 Å². The van der Waals surface area contributed by atoms with E-state index in [4.69, 9.17) is 17.0 Å². The Balaban J connectivity index is 1.89. The maximum Gasteiger partial charge on any atom is 0.203 e. The zero-order valence-electron chi connectivity index (χ0n) is 12.3. The first-order valence-electron chi connectivity index (χ1n) is 6.80. The molecule has 0 spiro atoms. The van der Waals surface area contributed by atoms with Crippen LogP contribution in [0.25, 0.3) is 0 Å². The molecule has 0 bridgehead atoms. The quantitative estimate of drug-likeness (QED) is 0.626. The molecule has 4 nitrogen and oxygen atoms in total. The Morgan fingerprint density at radius 3 is 2.57 bits per heavy atom. The first kappa shape index (κ1) is 16.0. The van der Waals surface area contributed by atoms with E-state index in [1.807, 2.05) is 24.3 Å². The number of aromatic hydroxyl groups is 1. The Bertz CT molecular complexity index is 617. The highest BCUT2D eigenvalue weighted by molar-refractivity contribution is 7.73. The van der Waals surface area contributed by atoms with Crippen LogP contribution >= 0.6 is 23.6 Å². The molecule has 0 aliphatic carbocycles. The maximum atomic E-state index is 9.71. The van der Waals surface area contributed by atoms with Crippen LogP contribution in [-0.2, 0) is 6.54 Å². The van der Waals surface area contributed by atoms with Gasteiger partial charge in [-0.25, -0.2) is 0 Å². The second kappa shape index (κ2) is 7.59. The molecule has 21 heavy (non-hydrogen) atoms. The van der Waals surface area contributed by atoms with Gasteiger partial charge in [0.25, 0.3) is 0 Å². The molecule has 0 atom stereocenters. The molecule has 0 radical (unpaired) electrons. The van der Waals surface area contributed by atoms with Crippen molar-refractivity contribution < 1.29 is 9.84 Å². The highest BCUT2D eigenvalue weighted by atomic mass is 32.1. The molecule has 0 amide bonds. The van der Waals surface area contributed by atoms with Crippen LogP contribution in [0.15, 0.2) is 29.6 Å². The van der Waals surface area contributed by atoms with E-state index >= 15 is 0 Å². The minimum absolute atomic E-state index is 0.217. The molecule has 0 fully saturated rings. The first-order chi connectivity index (χ1) is 10.1. The summed E-state index contributed by atoms with van der Waals surface area (Å²) in [6.45, 7) is 2.32. The van der Waals surface area contributed by atoms with Crippen LogP contribution < -0.4 is 4.74 Å². The zero-order chi connectivity index (χ0) is 15.2. The third-order valence-corrected chi connectivity index (χ3v) is 4.30. The van der Waals surface area contributed by atoms with Crippen molar-refractivity contribution in [1.29, 1.82) is 0 Å². The number of benzene rings is 1. The van der Waals surface area contributed by atoms with Crippen LogP contribution in [0.1, 0.15) is 12.0 Å². The molecule has 0 saturated heterocycles. The predicted octanol–water partition coefficient (Wildman–Crippen LogP) is 3.36. The second-order valence-corrected chi connectivity index (χ2v) is 6.60. The van der Waals surface area contributed by atoms with Crippen molar-refractivity contribution in [3.8, 4) is 11.6 Å². The van der Waals surface area contributed by atoms with Crippen molar-refractivity contribution in [2.45, 2.75) is 13.0 Å². The van der Waals surface area contributed by atoms with Crippen LogP contribution in [-0.4, -0.2) is 41.8 Å². The van der Waals surface area contributed by atoms with E-state index in [1.54, 1.807) is 9.95 Å². The average Bonchev–Trinajstić information content (AvgIpc) is 2.77. The highest BCUT2D eigenvalue weighted by Gasteiger charge is 2.03. The Labute approximate surface area is 134 Å². The van der Waals surface area contributed by atoms with Crippen LogP contribution in [0, 0.1) is 3.95 Å². The Hall–Kier alpha value is -1.37. The largest absolute Gasteiger partial charge is 0.494 e. The van der Waals surface area contributed by atoms with E-state index in [9.17, 15) is 5.11 Å². The van der Waals surface area contributed by atoms with E-state index in [-0.39, 0.29) is 5.88 Å². The highest BCUT2D eigenvalue weighted by Crippen LogP contribution is 2.20. The van der Waals surface area contributed by atoms with Gasteiger partial charge in [0, 0.05) is 6.54 Å². The van der Waals surface area contributed by atoms with Gasteiger partial charge < -0.3 is 14.7 Å². The molecular formula is C15H20N2O2S2. The fourth-order valence-corrected chi connectivity index (χ4v) is 2.84. The Kier molecular flexibility index (Phi) is 5.78. The van der Waals surface area contributed by atoms with E-state index < -0.39 is 0 Å². The molecule has 0 aliphatic heterocycles.